The lowest BCUT2D eigenvalue weighted by Crippen LogP contribution is -2.19. The monoisotopic (exact) mass is 278 g/mol. The van der Waals surface area contributed by atoms with Crippen molar-refractivity contribution in [3.63, 3.8) is 0 Å². The number of benzene rings is 1. The third-order valence-electron chi connectivity index (χ3n) is 3.27. The Balaban J connectivity index is 1.92. The number of carbonyl (C=O) groups excluding carboxylic acids is 1. The highest BCUT2D eigenvalue weighted by Gasteiger charge is 2.15. The van der Waals surface area contributed by atoms with Gasteiger partial charge < -0.3 is 20.5 Å². The van der Waals surface area contributed by atoms with Crippen LogP contribution in [0.1, 0.15) is 36.5 Å². The van der Waals surface area contributed by atoms with Gasteiger partial charge in [-0.1, -0.05) is 6.92 Å². The molecule has 110 valence electrons. The van der Waals surface area contributed by atoms with Gasteiger partial charge in [-0.3, -0.25) is 0 Å². The first-order chi connectivity index (χ1) is 9.70. The number of hydrogen-bond acceptors (Lipinski definition) is 5. The summed E-state index contributed by atoms with van der Waals surface area (Å²) in [6.45, 7) is 3.96. The average Bonchev–Trinajstić information content (AvgIpc) is 2.96. The SMILES string of the molecule is CCCOC(=O)c1ccc(NC[C@H]2CCCO2)c(N)c1. The van der Waals surface area contributed by atoms with Crippen molar-refractivity contribution < 1.29 is 14.3 Å². The van der Waals surface area contributed by atoms with E-state index in [2.05, 4.69) is 5.32 Å². The molecule has 5 nitrogen and oxygen atoms in total. The van der Waals surface area contributed by atoms with E-state index in [-0.39, 0.29) is 12.1 Å². The molecule has 20 heavy (non-hydrogen) atoms. The van der Waals surface area contributed by atoms with E-state index in [0.717, 1.165) is 38.1 Å². The van der Waals surface area contributed by atoms with Crippen LogP contribution in [0.25, 0.3) is 0 Å². The maximum atomic E-state index is 11.7. The number of rotatable bonds is 6. The van der Waals surface area contributed by atoms with Crippen molar-refractivity contribution in [2.75, 3.05) is 30.8 Å². The fourth-order valence-electron chi connectivity index (χ4n) is 2.16. The second kappa shape index (κ2) is 7.14. The second-order valence-corrected chi connectivity index (χ2v) is 4.95. The number of nitrogen functional groups attached to an aromatic ring is 1. The minimum atomic E-state index is -0.329. The first-order valence-corrected chi connectivity index (χ1v) is 7.13. The quantitative estimate of drug-likeness (QED) is 0.617. The highest BCUT2D eigenvalue weighted by atomic mass is 16.5. The maximum absolute atomic E-state index is 11.7. The zero-order valence-corrected chi connectivity index (χ0v) is 11.9. The van der Waals surface area contributed by atoms with Crippen LogP contribution in [-0.2, 0) is 9.47 Å². The molecular weight excluding hydrogens is 256 g/mol. The summed E-state index contributed by atoms with van der Waals surface area (Å²) in [5, 5.41) is 3.26. The lowest BCUT2D eigenvalue weighted by Gasteiger charge is -2.14. The van der Waals surface area contributed by atoms with Gasteiger partial charge in [0.1, 0.15) is 0 Å². The number of ether oxygens (including phenoxy) is 2. The smallest absolute Gasteiger partial charge is 0.338 e. The topological polar surface area (TPSA) is 73.6 Å². The molecule has 0 amide bonds. The van der Waals surface area contributed by atoms with E-state index in [4.69, 9.17) is 15.2 Å². The zero-order valence-electron chi connectivity index (χ0n) is 11.9. The highest BCUT2D eigenvalue weighted by molar-refractivity contribution is 5.91. The van der Waals surface area contributed by atoms with Gasteiger partial charge in [-0.15, -0.1) is 0 Å². The lowest BCUT2D eigenvalue weighted by molar-refractivity contribution is 0.0505. The number of hydrogen-bond donors (Lipinski definition) is 2. The van der Waals surface area contributed by atoms with Gasteiger partial charge in [0.15, 0.2) is 0 Å². The van der Waals surface area contributed by atoms with Gasteiger partial charge >= 0.3 is 5.97 Å². The summed E-state index contributed by atoms with van der Waals surface area (Å²) >= 11 is 0. The molecule has 0 aromatic heterocycles. The van der Waals surface area contributed by atoms with E-state index < -0.39 is 0 Å². The number of anilines is 2. The van der Waals surface area contributed by atoms with Gasteiger partial charge in [0.05, 0.1) is 29.6 Å². The van der Waals surface area contributed by atoms with Crippen LogP contribution in [0.2, 0.25) is 0 Å². The van der Waals surface area contributed by atoms with Crippen LogP contribution in [0.15, 0.2) is 18.2 Å². The summed E-state index contributed by atoms with van der Waals surface area (Å²) in [5.74, 6) is -0.329. The van der Waals surface area contributed by atoms with E-state index in [1.165, 1.54) is 0 Å². The van der Waals surface area contributed by atoms with E-state index in [0.29, 0.717) is 17.9 Å². The van der Waals surface area contributed by atoms with Crippen molar-refractivity contribution in [1.82, 2.24) is 0 Å². The summed E-state index contributed by atoms with van der Waals surface area (Å²) in [6.07, 6.45) is 3.25. The van der Waals surface area contributed by atoms with Crippen molar-refractivity contribution in [3.8, 4) is 0 Å². The molecule has 0 saturated carbocycles. The molecule has 1 aromatic carbocycles. The number of nitrogens with one attached hydrogen (secondary N) is 1. The third kappa shape index (κ3) is 3.87. The Hall–Kier alpha value is -1.75. The van der Waals surface area contributed by atoms with Gasteiger partial charge in [0.25, 0.3) is 0 Å². The predicted octanol–water partition coefficient (Wildman–Crippen LogP) is 2.43. The largest absolute Gasteiger partial charge is 0.462 e. The number of esters is 1. The Morgan fingerprint density at radius 1 is 1.55 bits per heavy atom. The minimum absolute atomic E-state index is 0.253. The molecule has 0 bridgehead atoms. The van der Waals surface area contributed by atoms with E-state index >= 15 is 0 Å². The zero-order chi connectivity index (χ0) is 14.4. The van der Waals surface area contributed by atoms with Crippen LogP contribution >= 0.6 is 0 Å². The van der Waals surface area contributed by atoms with Crippen LogP contribution in [0.4, 0.5) is 11.4 Å². The average molecular weight is 278 g/mol. The molecule has 1 fully saturated rings. The molecule has 1 aromatic rings. The molecular formula is C15H22N2O3. The molecule has 2 rings (SSSR count). The van der Waals surface area contributed by atoms with Crippen molar-refractivity contribution in [2.45, 2.75) is 32.3 Å². The standard InChI is InChI=1S/C15H22N2O3/c1-2-7-20-15(18)11-5-6-14(13(16)9-11)17-10-12-4-3-8-19-12/h5-6,9,12,17H,2-4,7-8,10,16H2,1H3/t12-/m1/s1. The Bertz CT molecular complexity index is 456. The summed E-state index contributed by atoms with van der Waals surface area (Å²) < 4.78 is 10.6. The van der Waals surface area contributed by atoms with Crippen LogP contribution in [0.5, 0.6) is 0 Å². The van der Waals surface area contributed by atoms with Crippen molar-refractivity contribution >= 4 is 17.3 Å². The Morgan fingerprint density at radius 3 is 3.05 bits per heavy atom. The lowest BCUT2D eigenvalue weighted by atomic mass is 10.1. The van der Waals surface area contributed by atoms with Crippen molar-refractivity contribution in [1.29, 1.82) is 0 Å². The van der Waals surface area contributed by atoms with Crippen molar-refractivity contribution in [2.24, 2.45) is 0 Å². The second-order valence-electron chi connectivity index (χ2n) is 4.95. The number of nitrogens with two attached hydrogens (primary N) is 1. The number of carbonyl (C=O) groups is 1. The predicted molar refractivity (Wildman–Crippen MR) is 78.9 cm³/mol. The molecule has 1 atom stereocenters. The molecule has 0 radical (unpaired) electrons. The van der Waals surface area contributed by atoms with Crippen LogP contribution in [-0.4, -0.2) is 31.8 Å². The molecule has 1 heterocycles. The van der Waals surface area contributed by atoms with Crippen LogP contribution in [0, 0.1) is 0 Å². The van der Waals surface area contributed by atoms with Gasteiger partial charge in [0.2, 0.25) is 0 Å². The minimum Gasteiger partial charge on any atom is -0.462 e. The first-order valence-electron chi connectivity index (χ1n) is 7.13. The third-order valence-corrected chi connectivity index (χ3v) is 3.27. The molecule has 1 aliphatic heterocycles. The Morgan fingerprint density at radius 2 is 2.40 bits per heavy atom. The molecule has 0 spiro atoms. The fraction of sp³-hybridized carbons (Fsp3) is 0.533. The van der Waals surface area contributed by atoms with E-state index in [9.17, 15) is 4.79 Å². The molecule has 5 heteroatoms. The summed E-state index contributed by atoms with van der Waals surface area (Å²) in [5.41, 5.74) is 7.82. The summed E-state index contributed by atoms with van der Waals surface area (Å²) in [6, 6.07) is 5.19. The van der Waals surface area contributed by atoms with Gasteiger partial charge in [0, 0.05) is 13.2 Å². The van der Waals surface area contributed by atoms with Crippen LogP contribution in [0.3, 0.4) is 0 Å². The van der Waals surface area contributed by atoms with Crippen molar-refractivity contribution in [3.05, 3.63) is 23.8 Å². The molecule has 0 unspecified atom stereocenters. The Kier molecular flexibility index (Phi) is 5.24. The highest BCUT2D eigenvalue weighted by Crippen LogP contribution is 2.21. The van der Waals surface area contributed by atoms with Gasteiger partial charge in [-0.25, -0.2) is 4.79 Å². The first kappa shape index (κ1) is 14.7. The molecule has 1 aliphatic rings. The van der Waals surface area contributed by atoms with Gasteiger partial charge in [-0.05, 0) is 37.5 Å². The molecule has 0 aliphatic carbocycles. The molecule has 1 saturated heterocycles. The maximum Gasteiger partial charge on any atom is 0.338 e. The molecule has 3 N–H and O–H groups in total. The van der Waals surface area contributed by atoms with E-state index in [1.54, 1.807) is 12.1 Å². The van der Waals surface area contributed by atoms with Gasteiger partial charge in [-0.2, -0.15) is 0 Å². The summed E-state index contributed by atoms with van der Waals surface area (Å²) in [7, 11) is 0. The van der Waals surface area contributed by atoms with Crippen LogP contribution < -0.4 is 11.1 Å². The Labute approximate surface area is 119 Å². The van der Waals surface area contributed by atoms with E-state index in [1.807, 2.05) is 13.0 Å². The summed E-state index contributed by atoms with van der Waals surface area (Å²) in [4.78, 5) is 11.7. The normalized spacial score (nSPS) is 17.9. The fourth-order valence-corrected chi connectivity index (χ4v) is 2.16.